The maximum Gasteiger partial charge on any atom is 0.281 e. The average molecular weight is 400 g/mol. The number of hydrogen-bond donors (Lipinski definition) is 2. The van der Waals surface area contributed by atoms with Gasteiger partial charge in [-0.05, 0) is 66.6 Å². The van der Waals surface area contributed by atoms with Crippen molar-refractivity contribution in [1.82, 2.24) is 14.9 Å². The number of oxazole rings is 1. The van der Waals surface area contributed by atoms with Gasteiger partial charge < -0.3 is 20.0 Å². The highest BCUT2D eigenvalue weighted by Crippen LogP contribution is 2.41. The van der Waals surface area contributed by atoms with Crippen molar-refractivity contribution >= 4 is 22.0 Å². The predicted molar refractivity (Wildman–Crippen MR) is 117 cm³/mol. The number of pyridine rings is 1. The van der Waals surface area contributed by atoms with Gasteiger partial charge in [-0.2, -0.15) is 0 Å². The van der Waals surface area contributed by atoms with Crippen LogP contribution < -0.4 is 16.6 Å². The molecule has 0 radical (unpaired) electrons. The molecule has 0 unspecified atom stereocenters. The number of rotatable bonds is 3. The zero-order valence-corrected chi connectivity index (χ0v) is 17.2. The molecule has 6 nitrogen and oxygen atoms in total. The van der Waals surface area contributed by atoms with E-state index in [1.807, 2.05) is 4.57 Å². The van der Waals surface area contributed by atoms with Crippen LogP contribution in [0.4, 0.5) is 0 Å². The molecule has 0 spiro atoms. The number of nitrogens with zero attached hydrogens (tertiary/aromatic N) is 2. The highest BCUT2D eigenvalue weighted by Gasteiger charge is 2.30. The number of hydrogen-bond acceptors (Lipinski definition) is 5. The lowest BCUT2D eigenvalue weighted by molar-refractivity contribution is 0.535. The van der Waals surface area contributed by atoms with E-state index < -0.39 is 0 Å². The van der Waals surface area contributed by atoms with E-state index in [1.165, 1.54) is 16.7 Å². The molecule has 3 N–H and O–H groups in total. The van der Waals surface area contributed by atoms with Gasteiger partial charge in [-0.15, -0.1) is 0 Å². The fourth-order valence-corrected chi connectivity index (χ4v) is 4.90. The summed E-state index contributed by atoms with van der Waals surface area (Å²) in [5, 5.41) is 4.43. The monoisotopic (exact) mass is 400 g/mol. The van der Waals surface area contributed by atoms with Gasteiger partial charge in [-0.1, -0.05) is 18.2 Å². The molecular formula is C24H24N4O2. The fourth-order valence-electron chi connectivity index (χ4n) is 4.90. The van der Waals surface area contributed by atoms with Crippen LogP contribution in [0.1, 0.15) is 54.4 Å². The number of aryl methyl sites for hydroxylation is 1. The lowest BCUT2D eigenvalue weighted by Gasteiger charge is -2.16. The third-order valence-corrected chi connectivity index (χ3v) is 6.62. The molecule has 2 aromatic carbocycles. The molecule has 1 atom stereocenters. The summed E-state index contributed by atoms with van der Waals surface area (Å²) in [5.74, 6) is 0.402. The largest absolute Gasteiger partial charge is 0.438 e. The van der Waals surface area contributed by atoms with E-state index in [0.29, 0.717) is 23.0 Å². The first kappa shape index (κ1) is 17.9. The molecular weight excluding hydrogens is 376 g/mol. The SMILES string of the molecule is Cc1c(-c2ccc3c(c2)CN[C@@H]3C)ccc2c3oc(CN)nc3c(=O)n(C3CC3)c12. The first-order chi connectivity index (χ1) is 14.6. The summed E-state index contributed by atoms with van der Waals surface area (Å²) in [5.41, 5.74) is 13.7. The van der Waals surface area contributed by atoms with E-state index in [2.05, 4.69) is 54.5 Å². The van der Waals surface area contributed by atoms with Gasteiger partial charge in [0.15, 0.2) is 11.1 Å². The van der Waals surface area contributed by atoms with Crippen LogP contribution in [-0.4, -0.2) is 9.55 Å². The van der Waals surface area contributed by atoms with Gasteiger partial charge in [0, 0.05) is 24.0 Å². The van der Waals surface area contributed by atoms with Crippen LogP contribution in [0.25, 0.3) is 33.1 Å². The summed E-state index contributed by atoms with van der Waals surface area (Å²) in [6.45, 7) is 5.37. The minimum Gasteiger partial charge on any atom is -0.438 e. The highest BCUT2D eigenvalue weighted by molar-refractivity contribution is 6.04. The first-order valence-corrected chi connectivity index (χ1v) is 10.6. The summed E-state index contributed by atoms with van der Waals surface area (Å²) in [6.07, 6.45) is 2.04. The fraction of sp³-hybridized carbons (Fsp3) is 0.333. The smallest absolute Gasteiger partial charge is 0.281 e. The Bertz CT molecular complexity index is 1390. The van der Waals surface area contributed by atoms with Crippen LogP contribution in [-0.2, 0) is 13.1 Å². The Morgan fingerprint density at radius 3 is 2.87 bits per heavy atom. The quantitative estimate of drug-likeness (QED) is 0.541. The number of aromatic nitrogens is 2. The molecule has 6 rings (SSSR count). The lowest BCUT2D eigenvalue weighted by atomic mass is 9.94. The minimum absolute atomic E-state index is 0.0734. The van der Waals surface area contributed by atoms with E-state index in [9.17, 15) is 4.79 Å². The summed E-state index contributed by atoms with van der Waals surface area (Å²) < 4.78 is 7.82. The maximum absolute atomic E-state index is 13.3. The Hall–Kier alpha value is -2.96. The van der Waals surface area contributed by atoms with E-state index in [1.54, 1.807) is 0 Å². The summed E-state index contributed by atoms with van der Waals surface area (Å²) in [6, 6.07) is 11.5. The predicted octanol–water partition coefficient (Wildman–Crippen LogP) is 4.08. The molecule has 0 bridgehead atoms. The number of nitrogens with one attached hydrogen (secondary N) is 1. The molecule has 3 heterocycles. The van der Waals surface area contributed by atoms with Crippen molar-refractivity contribution in [2.75, 3.05) is 0 Å². The molecule has 30 heavy (non-hydrogen) atoms. The average Bonchev–Trinajstić information content (AvgIpc) is 3.38. The van der Waals surface area contributed by atoms with Crippen molar-refractivity contribution in [3.05, 3.63) is 63.3 Å². The van der Waals surface area contributed by atoms with Crippen LogP contribution in [0.2, 0.25) is 0 Å². The van der Waals surface area contributed by atoms with Gasteiger partial charge in [0.2, 0.25) is 5.89 Å². The molecule has 2 aromatic heterocycles. The van der Waals surface area contributed by atoms with Crippen LogP contribution >= 0.6 is 0 Å². The van der Waals surface area contributed by atoms with E-state index >= 15 is 0 Å². The van der Waals surface area contributed by atoms with Gasteiger partial charge in [-0.25, -0.2) is 4.98 Å². The van der Waals surface area contributed by atoms with Gasteiger partial charge in [0.1, 0.15) is 0 Å². The molecule has 0 saturated heterocycles. The van der Waals surface area contributed by atoms with Crippen LogP contribution in [0.15, 0.2) is 39.5 Å². The Morgan fingerprint density at radius 1 is 1.27 bits per heavy atom. The van der Waals surface area contributed by atoms with Crippen molar-refractivity contribution in [2.24, 2.45) is 5.73 Å². The molecule has 1 aliphatic carbocycles. The Labute approximate surface area is 173 Å². The first-order valence-electron chi connectivity index (χ1n) is 10.6. The van der Waals surface area contributed by atoms with Gasteiger partial charge >= 0.3 is 0 Å². The minimum atomic E-state index is -0.0734. The lowest BCUT2D eigenvalue weighted by Crippen LogP contribution is -2.20. The van der Waals surface area contributed by atoms with Gasteiger partial charge in [0.25, 0.3) is 5.56 Å². The summed E-state index contributed by atoms with van der Waals surface area (Å²) >= 11 is 0. The van der Waals surface area contributed by atoms with Crippen molar-refractivity contribution in [2.45, 2.75) is 51.9 Å². The number of nitrogens with two attached hydrogens (primary N) is 1. The molecule has 4 aromatic rings. The molecule has 0 amide bonds. The van der Waals surface area contributed by atoms with Gasteiger partial charge in [0.05, 0.1) is 12.1 Å². The third-order valence-electron chi connectivity index (χ3n) is 6.62. The molecule has 152 valence electrons. The van der Waals surface area contributed by atoms with Gasteiger partial charge in [-0.3, -0.25) is 4.79 Å². The van der Waals surface area contributed by atoms with Crippen molar-refractivity contribution < 1.29 is 4.42 Å². The topological polar surface area (TPSA) is 86.1 Å². The normalized spacial score (nSPS) is 18.4. The zero-order valence-electron chi connectivity index (χ0n) is 17.2. The number of benzene rings is 2. The van der Waals surface area contributed by atoms with Crippen LogP contribution in [0.5, 0.6) is 0 Å². The second kappa shape index (κ2) is 6.27. The standard InChI is InChI=1S/C24H24N4O2/c1-12-17(14-3-6-18-13(2)26-11-15(18)9-14)7-8-19-22(12)28(16-4-5-16)24(29)21-23(19)30-20(10-25)27-21/h3,6-9,13,16,26H,4-5,10-11,25H2,1-2H3/t13-/m1/s1. The molecule has 2 aliphatic rings. The second-order valence-electron chi connectivity index (χ2n) is 8.55. The number of fused-ring (bicyclic) bond motifs is 4. The third kappa shape index (κ3) is 2.44. The molecule has 6 heteroatoms. The Morgan fingerprint density at radius 2 is 2.10 bits per heavy atom. The molecule has 1 aliphatic heterocycles. The maximum atomic E-state index is 13.3. The van der Waals surface area contributed by atoms with Crippen LogP contribution in [0.3, 0.4) is 0 Å². The van der Waals surface area contributed by atoms with E-state index in [-0.39, 0.29) is 18.1 Å². The Balaban J connectivity index is 1.65. The second-order valence-corrected chi connectivity index (χ2v) is 8.55. The van der Waals surface area contributed by atoms with Crippen LogP contribution in [0, 0.1) is 6.92 Å². The summed E-state index contributed by atoms with van der Waals surface area (Å²) in [7, 11) is 0. The highest BCUT2D eigenvalue weighted by atomic mass is 16.3. The molecule has 1 fully saturated rings. The van der Waals surface area contributed by atoms with E-state index in [4.69, 9.17) is 10.2 Å². The Kier molecular flexibility index (Phi) is 3.73. The zero-order chi connectivity index (χ0) is 20.6. The molecule has 1 saturated carbocycles. The van der Waals surface area contributed by atoms with Crippen molar-refractivity contribution in [3.8, 4) is 11.1 Å². The van der Waals surface area contributed by atoms with Crippen molar-refractivity contribution in [3.63, 3.8) is 0 Å². The van der Waals surface area contributed by atoms with Crippen molar-refractivity contribution in [1.29, 1.82) is 0 Å². The summed E-state index contributed by atoms with van der Waals surface area (Å²) in [4.78, 5) is 17.7. The van der Waals surface area contributed by atoms with E-state index in [0.717, 1.165) is 41.4 Å².